The molecule has 1 aliphatic heterocycles. The third kappa shape index (κ3) is 4.96. The highest BCUT2D eigenvalue weighted by Gasteiger charge is 2.24. The van der Waals surface area contributed by atoms with Crippen molar-refractivity contribution in [3.8, 4) is 0 Å². The van der Waals surface area contributed by atoms with Crippen LogP contribution in [0.25, 0.3) is 0 Å². The number of likely N-dealkylation sites (N-methyl/N-ethyl adjacent to an activating group) is 1. The standard InChI is InChI=1S/C12H27N3/c1-11-9-12(2)15(10-11)8-6-13-5-7-14(3)4/h11-13H,5-10H2,1-4H3. The topological polar surface area (TPSA) is 18.5 Å². The van der Waals surface area contributed by atoms with E-state index in [0.29, 0.717) is 0 Å². The van der Waals surface area contributed by atoms with Crippen molar-refractivity contribution in [2.45, 2.75) is 26.3 Å². The van der Waals surface area contributed by atoms with Crippen LogP contribution in [0.4, 0.5) is 0 Å². The Morgan fingerprint density at radius 3 is 2.53 bits per heavy atom. The molecule has 2 atom stereocenters. The minimum absolute atomic E-state index is 0.788. The summed E-state index contributed by atoms with van der Waals surface area (Å²) in [5.74, 6) is 0.891. The molecule has 1 fully saturated rings. The fraction of sp³-hybridized carbons (Fsp3) is 1.00. The van der Waals surface area contributed by atoms with Gasteiger partial charge in [-0.05, 0) is 33.4 Å². The van der Waals surface area contributed by atoms with Gasteiger partial charge in [0.1, 0.15) is 0 Å². The van der Waals surface area contributed by atoms with Gasteiger partial charge < -0.3 is 10.2 Å². The Balaban J connectivity index is 2.00. The first kappa shape index (κ1) is 12.9. The summed E-state index contributed by atoms with van der Waals surface area (Å²) in [5.41, 5.74) is 0. The molecule has 0 amide bonds. The van der Waals surface area contributed by atoms with Crippen LogP contribution in [-0.4, -0.2) is 62.7 Å². The lowest BCUT2D eigenvalue weighted by atomic mass is 10.1. The van der Waals surface area contributed by atoms with E-state index in [-0.39, 0.29) is 0 Å². The first-order valence-corrected chi connectivity index (χ1v) is 6.19. The SMILES string of the molecule is CC1CC(C)N(CCNCCN(C)C)C1. The van der Waals surface area contributed by atoms with Gasteiger partial charge in [-0.15, -0.1) is 0 Å². The van der Waals surface area contributed by atoms with E-state index in [0.717, 1.165) is 31.6 Å². The average Bonchev–Trinajstić information content (AvgIpc) is 2.44. The monoisotopic (exact) mass is 213 g/mol. The van der Waals surface area contributed by atoms with Crippen molar-refractivity contribution in [2.75, 3.05) is 46.8 Å². The van der Waals surface area contributed by atoms with Crippen molar-refractivity contribution in [3.05, 3.63) is 0 Å². The lowest BCUT2D eigenvalue weighted by Crippen LogP contribution is -2.36. The number of rotatable bonds is 6. The molecule has 90 valence electrons. The highest BCUT2D eigenvalue weighted by molar-refractivity contribution is 4.80. The molecule has 2 unspecified atom stereocenters. The number of nitrogens with zero attached hydrogens (tertiary/aromatic N) is 2. The zero-order chi connectivity index (χ0) is 11.3. The Labute approximate surface area is 94.8 Å². The quantitative estimate of drug-likeness (QED) is 0.661. The Morgan fingerprint density at radius 2 is 2.00 bits per heavy atom. The fourth-order valence-corrected chi connectivity index (χ4v) is 2.35. The third-order valence-corrected chi connectivity index (χ3v) is 3.22. The molecule has 0 saturated carbocycles. The van der Waals surface area contributed by atoms with E-state index >= 15 is 0 Å². The van der Waals surface area contributed by atoms with Gasteiger partial charge in [0, 0.05) is 38.8 Å². The highest BCUT2D eigenvalue weighted by Crippen LogP contribution is 2.21. The molecular weight excluding hydrogens is 186 g/mol. The van der Waals surface area contributed by atoms with Crippen LogP contribution >= 0.6 is 0 Å². The second kappa shape index (κ2) is 6.46. The Morgan fingerprint density at radius 1 is 1.27 bits per heavy atom. The van der Waals surface area contributed by atoms with E-state index in [9.17, 15) is 0 Å². The summed E-state index contributed by atoms with van der Waals surface area (Å²) in [6.07, 6.45) is 1.37. The van der Waals surface area contributed by atoms with Crippen molar-refractivity contribution in [3.63, 3.8) is 0 Å². The summed E-state index contributed by atoms with van der Waals surface area (Å²) in [6.45, 7) is 10.6. The van der Waals surface area contributed by atoms with Crippen molar-refractivity contribution in [1.29, 1.82) is 0 Å². The smallest absolute Gasteiger partial charge is 0.0110 e. The van der Waals surface area contributed by atoms with Gasteiger partial charge in [0.15, 0.2) is 0 Å². The molecule has 0 aromatic carbocycles. The molecule has 1 N–H and O–H groups in total. The van der Waals surface area contributed by atoms with Crippen LogP contribution in [0.2, 0.25) is 0 Å². The molecule has 1 rings (SSSR count). The minimum atomic E-state index is 0.788. The highest BCUT2D eigenvalue weighted by atomic mass is 15.2. The summed E-state index contributed by atoms with van der Waals surface area (Å²) in [6, 6.07) is 0.788. The summed E-state index contributed by atoms with van der Waals surface area (Å²) in [7, 11) is 4.23. The molecule has 0 aliphatic carbocycles. The second-order valence-corrected chi connectivity index (χ2v) is 5.24. The van der Waals surface area contributed by atoms with Crippen molar-refractivity contribution >= 4 is 0 Å². The van der Waals surface area contributed by atoms with Crippen LogP contribution in [0.5, 0.6) is 0 Å². The molecular formula is C12H27N3. The van der Waals surface area contributed by atoms with E-state index < -0.39 is 0 Å². The zero-order valence-corrected chi connectivity index (χ0v) is 10.8. The fourth-order valence-electron chi connectivity index (χ4n) is 2.35. The average molecular weight is 213 g/mol. The Bertz CT molecular complexity index is 170. The number of hydrogen-bond donors (Lipinski definition) is 1. The Kier molecular flexibility index (Phi) is 5.58. The number of likely N-dealkylation sites (tertiary alicyclic amines) is 1. The van der Waals surface area contributed by atoms with Crippen LogP contribution in [0.3, 0.4) is 0 Å². The first-order chi connectivity index (χ1) is 7.09. The maximum absolute atomic E-state index is 3.50. The van der Waals surface area contributed by atoms with Gasteiger partial charge in [0.05, 0.1) is 0 Å². The van der Waals surface area contributed by atoms with Crippen LogP contribution < -0.4 is 5.32 Å². The van der Waals surface area contributed by atoms with E-state index in [2.05, 4.69) is 43.1 Å². The molecule has 0 aromatic rings. The van der Waals surface area contributed by atoms with Crippen LogP contribution in [0.1, 0.15) is 20.3 Å². The first-order valence-electron chi connectivity index (χ1n) is 6.19. The van der Waals surface area contributed by atoms with Gasteiger partial charge in [0.2, 0.25) is 0 Å². The van der Waals surface area contributed by atoms with E-state index in [4.69, 9.17) is 0 Å². The second-order valence-electron chi connectivity index (χ2n) is 5.24. The van der Waals surface area contributed by atoms with Crippen LogP contribution in [0, 0.1) is 5.92 Å². The normalized spacial score (nSPS) is 27.8. The molecule has 0 bridgehead atoms. The maximum Gasteiger partial charge on any atom is 0.0110 e. The summed E-state index contributed by atoms with van der Waals surface area (Å²) >= 11 is 0. The molecule has 0 spiro atoms. The number of nitrogens with one attached hydrogen (secondary N) is 1. The predicted octanol–water partition coefficient (Wildman–Crippen LogP) is 0.868. The molecule has 15 heavy (non-hydrogen) atoms. The minimum Gasteiger partial charge on any atom is -0.314 e. The van der Waals surface area contributed by atoms with Crippen LogP contribution in [-0.2, 0) is 0 Å². The maximum atomic E-state index is 3.50. The van der Waals surface area contributed by atoms with Gasteiger partial charge in [0.25, 0.3) is 0 Å². The van der Waals surface area contributed by atoms with Gasteiger partial charge in [-0.1, -0.05) is 6.92 Å². The third-order valence-electron chi connectivity index (χ3n) is 3.22. The molecule has 3 nitrogen and oxygen atoms in total. The van der Waals surface area contributed by atoms with Crippen LogP contribution in [0.15, 0.2) is 0 Å². The molecule has 0 aromatic heterocycles. The Hall–Kier alpha value is -0.120. The van der Waals surface area contributed by atoms with E-state index in [1.165, 1.54) is 19.5 Å². The zero-order valence-electron chi connectivity index (χ0n) is 10.8. The lowest BCUT2D eigenvalue weighted by molar-refractivity contribution is 0.263. The number of hydrogen-bond acceptors (Lipinski definition) is 3. The largest absolute Gasteiger partial charge is 0.314 e. The van der Waals surface area contributed by atoms with Crippen molar-refractivity contribution < 1.29 is 0 Å². The van der Waals surface area contributed by atoms with Gasteiger partial charge >= 0.3 is 0 Å². The summed E-state index contributed by atoms with van der Waals surface area (Å²) in [5, 5.41) is 3.50. The van der Waals surface area contributed by atoms with Crippen molar-refractivity contribution in [1.82, 2.24) is 15.1 Å². The van der Waals surface area contributed by atoms with Gasteiger partial charge in [-0.2, -0.15) is 0 Å². The molecule has 1 aliphatic rings. The summed E-state index contributed by atoms with van der Waals surface area (Å²) < 4.78 is 0. The molecule has 1 heterocycles. The predicted molar refractivity (Wildman–Crippen MR) is 66.2 cm³/mol. The summed E-state index contributed by atoms with van der Waals surface area (Å²) in [4.78, 5) is 4.82. The molecule has 1 saturated heterocycles. The van der Waals surface area contributed by atoms with E-state index in [1.807, 2.05) is 0 Å². The molecule has 0 radical (unpaired) electrons. The molecule has 3 heteroatoms. The van der Waals surface area contributed by atoms with Crippen molar-refractivity contribution in [2.24, 2.45) is 5.92 Å². The van der Waals surface area contributed by atoms with E-state index in [1.54, 1.807) is 0 Å². The van der Waals surface area contributed by atoms with Gasteiger partial charge in [-0.3, -0.25) is 4.90 Å². The van der Waals surface area contributed by atoms with Gasteiger partial charge in [-0.25, -0.2) is 0 Å². The lowest BCUT2D eigenvalue weighted by Gasteiger charge is -2.21.